The van der Waals surface area contributed by atoms with Gasteiger partial charge in [-0.15, -0.1) is 0 Å². The molecule has 23 heavy (non-hydrogen) atoms. The maximum Gasteiger partial charge on any atom is -0.0509 e. The molecule has 0 bridgehead atoms. The van der Waals surface area contributed by atoms with Crippen LogP contribution in [0.5, 0.6) is 0 Å². The summed E-state index contributed by atoms with van der Waals surface area (Å²) in [6.45, 7) is 0. The summed E-state index contributed by atoms with van der Waals surface area (Å²) in [6.07, 6.45) is 13.4. The average molecular weight is 427 g/mol. The molecule has 2 aromatic rings. The van der Waals surface area contributed by atoms with E-state index in [9.17, 15) is 0 Å². The molecule has 0 heterocycles. The van der Waals surface area contributed by atoms with Crippen LogP contribution >= 0.6 is 17.0 Å². The van der Waals surface area contributed by atoms with Crippen LogP contribution in [0.3, 0.4) is 0 Å². The Morgan fingerprint density at radius 1 is 0.739 bits per heavy atom. The predicted molar refractivity (Wildman–Crippen MR) is 96.5 cm³/mol. The first-order chi connectivity index (χ1) is 11.3. The predicted octanol–water partition coefficient (Wildman–Crippen LogP) is 6.04. The molecule has 122 valence electrons. The fourth-order valence-corrected chi connectivity index (χ4v) is 4.30. The van der Waals surface area contributed by atoms with E-state index in [0.29, 0.717) is 0 Å². The van der Waals surface area contributed by atoms with Crippen molar-refractivity contribution in [2.45, 2.75) is 64.2 Å². The summed E-state index contributed by atoms with van der Waals surface area (Å²) < 4.78 is 0. The molecule has 0 aliphatic heterocycles. The number of fused-ring (bicyclic) bond motifs is 2. The Morgan fingerprint density at radius 3 is 1.57 bits per heavy atom. The van der Waals surface area contributed by atoms with Crippen molar-refractivity contribution in [2.75, 3.05) is 0 Å². The molecule has 0 saturated heterocycles. The molecular weight excluding hydrogens is 402 g/mol. The zero-order valence-electron chi connectivity index (χ0n) is 13.6. The molecule has 0 spiro atoms. The number of halogens is 2. The van der Waals surface area contributed by atoms with Gasteiger partial charge in [-0.1, -0.05) is 64.2 Å². The molecule has 0 nitrogen and oxygen atoms in total. The Labute approximate surface area is 159 Å². The minimum Gasteiger partial charge on any atom is -0.210 e. The van der Waals surface area contributed by atoms with Gasteiger partial charge in [-0.25, -0.2) is 12.1 Å². The van der Waals surface area contributed by atoms with E-state index in [-0.39, 0.29) is 0 Å². The summed E-state index contributed by atoms with van der Waals surface area (Å²) in [7, 11) is 9.87. The van der Waals surface area contributed by atoms with E-state index in [1.807, 2.05) is 0 Å². The largest absolute Gasteiger partial charge is 0.210 e. The Morgan fingerprint density at radius 2 is 1.13 bits per heavy atom. The first kappa shape index (κ1) is 18.0. The van der Waals surface area contributed by atoms with Crippen molar-refractivity contribution in [1.29, 1.82) is 0 Å². The fourth-order valence-electron chi connectivity index (χ4n) is 4.30. The van der Waals surface area contributed by atoms with Crippen LogP contribution in [0.15, 0.2) is 24.3 Å². The molecule has 0 aromatic heterocycles. The van der Waals surface area contributed by atoms with Gasteiger partial charge in [-0.05, 0) is 0 Å². The van der Waals surface area contributed by atoms with E-state index in [4.69, 9.17) is 17.0 Å². The SMILES string of the molecule is [Cl][Zr+2][Cl].c1c[c-](CC[c-]2ccc3c2CCCC3)c2c1CCCC2. The van der Waals surface area contributed by atoms with Gasteiger partial charge in [0.15, 0.2) is 0 Å². The van der Waals surface area contributed by atoms with E-state index >= 15 is 0 Å². The molecule has 2 aliphatic carbocycles. The van der Waals surface area contributed by atoms with E-state index in [1.54, 1.807) is 33.4 Å². The van der Waals surface area contributed by atoms with Gasteiger partial charge in [0.05, 0.1) is 0 Å². The molecule has 0 atom stereocenters. The summed E-state index contributed by atoms with van der Waals surface area (Å²) in [5.41, 5.74) is 10.00. The molecule has 2 aromatic carbocycles. The molecular formula is C20H24Cl2Zr. The Kier molecular flexibility index (Phi) is 7.05. The summed E-state index contributed by atoms with van der Waals surface area (Å²) >= 11 is -0.826. The zero-order chi connectivity index (χ0) is 16.1. The van der Waals surface area contributed by atoms with Gasteiger partial charge in [-0.3, -0.25) is 0 Å². The average Bonchev–Trinajstić information content (AvgIpc) is 3.18. The standard InChI is InChI=1S/C20H24.2ClH.Zr/c1-3-7-19-15(5-1)9-11-17(19)13-14-18-12-10-16-6-2-4-8-20(16)18;;;/h9-12H,1-8,13-14H2;2*1H;/q-2;;;+4/p-2. The summed E-state index contributed by atoms with van der Waals surface area (Å²) in [5, 5.41) is 0. The Balaban J connectivity index is 0.000000485. The van der Waals surface area contributed by atoms with E-state index in [1.165, 1.54) is 64.2 Å². The summed E-state index contributed by atoms with van der Waals surface area (Å²) in [6, 6.07) is 9.60. The van der Waals surface area contributed by atoms with Crippen molar-refractivity contribution in [2.24, 2.45) is 0 Å². The van der Waals surface area contributed by atoms with Gasteiger partial charge in [0.1, 0.15) is 0 Å². The first-order valence-electron chi connectivity index (χ1n) is 8.82. The van der Waals surface area contributed by atoms with Gasteiger partial charge in [-0.2, -0.15) is 45.5 Å². The second kappa shape index (κ2) is 9.03. The van der Waals surface area contributed by atoms with Crippen LogP contribution in [0.25, 0.3) is 0 Å². The second-order valence-electron chi connectivity index (χ2n) is 6.71. The summed E-state index contributed by atoms with van der Waals surface area (Å²) in [4.78, 5) is 0. The van der Waals surface area contributed by atoms with Crippen LogP contribution in [-0.2, 0) is 59.4 Å². The number of rotatable bonds is 3. The van der Waals surface area contributed by atoms with Crippen LogP contribution in [0.4, 0.5) is 0 Å². The Hall–Kier alpha value is 0.163. The van der Waals surface area contributed by atoms with Crippen molar-refractivity contribution < 1.29 is 20.8 Å². The normalized spacial score (nSPS) is 15.9. The molecule has 0 fully saturated rings. The third kappa shape index (κ3) is 4.42. The van der Waals surface area contributed by atoms with Crippen molar-refractivity contribution in [3.8, 4) is 0 Å². The van der Waals surface area contributed by atoms with Crippen molar-refractivity contribution in [1.82, 2.24) is 0 Å². The van der Waals surface area contributed by atoms with Gasteiger partial charge >= 0.3 is 37.9 Å². The molecule has 0 radical (unpaired) electrons. The molecule has 0 saturated carbocycles. The van der Waals surface area contributed by atoms with E-state index < -0.39 is 20.8 Å². The molecule has 4 rings (SSSR count). The number of hydrogen-bond donors (Lipinski definition) is 0. The zero-order valence-corrected chi connectivity index (χ0v) is 17.6. The molecule has 2 aliphatic rings. The van der Waals surface area contributed by atoms with Crippen LogP contribution < -0.4 is 0 Å². The fraction of sp³-hybridized carbons (Fsp3) is 0.500. The smallest absolute Gasteiger partial charge is 0.0509 e. The van der Waals surface area contributed by atoms with Crippen molar-refractivity contribution in [3.05, 3.63) is 57.6 Å². The van der Waals surface area contributed by atoms with Crippen LogP contribution in [0, 0.1) is 0 Å². The third-order valence-electron chi connectivity index (χ3n) is 5.43. The maximum absolute atomic E-state index is 4.93. The monoisotopic (exact) mass is 424 g/mol. The number of aryl methyl sites for hydroxylation is 4. The molecule has 3 heteroatoms. The Bertz CT molecular complexity index is 569. The second-order valence-corrected chi connectivity index (χ2v) is 10.4. The minimum atomic E-state index is -0.826. The molecule has 0 unspecified atom stereocenters. The molecule has 0 N–H and O–H groups in total. The van der Waals surface area contributed by atoms with Gasteiger partial charge in [0, 0.05) is 0 Å². The van der Waals surface area contributed by atoms with Gasteiger partial charge in [0.25, 0.3) is 0 Å². The minimum absolute atomic E-state index is 0.826. The van der Waals surface area contributed by atoms with Gasteiger partial charge < -0.3 is 0 Å². The maximum atomic E-state index is 4.93. The quantitative estimate of drug-likeness (QED) is 0.525. The number of hydrogen-bond acceptors (Lipinski definition) is 0. The van der Waals surface area contributed by atoms with Gasteiger partial charge in [0.2, 0.25) is 0 Å². The van der Waals surface area contributed by atoms with Crippen LogP contribution in [-0.4, -0.2) is 0 Å². The third-order valence-corrected chi connectivity index (χ3v) is 5.43. The molecule has 0 amide bonds. The van der Waals surface area contributed by atoms with E-state index in [2.05, 4.69) is 24.3 Å². The van der Waals surface area contributed by atoms with Crippen molar-refractivity contribution in [3.63, 3.8) is 0 Å². The summed E-state index contributed by atoms with van der Waals surface area (Å²) in [5.74, 6) is 0. The van der Waals surface area contributed by atoms with Crippen LogP contribution in [0.2, 0.25) is 0 Å². The topological polar surface area (TPSA) is 0 Å². The van der Waals surface area contributed by atoms with Crippen molar-refractivity contribution >= 4 is 17.0 Å². The van der Waals surface area contributed by atoms with Crippen LogP contribution in [0.1, 0.15) is 59.1 Å². The van der Waals surface area contributed by atoms with E-state index in [0.717, 1.165) is 0 Å². The first-order valence-corrected chi connectivity index (χ1v) is 15.2.